The zero-order valence-corrected chi connectivity index (χ0v) is 17.6. The lowest BCUT2D eigenvalue weighted by Gasteiger charge is -2.24. The first-order chi connectivity index (χ1) is 14.3. The van der Waals surface area contributed by atoms with Gasteiger partial charge in [0.25, 0.3) is 5.91 Å². The van der Waals surface area contributed by atoms with Gasteiger partial charge >= 0.3 is 18.0 Å². The Bertz CT molecular complexity index is 808. The topological polar surface area (TPSA) is 111 Å². The van der Waals surface area contributed by atoms with Crippen LogP contribution in [0.1, 0.15) is 37.5 Å². The molecule has 2 atom stereocenters. The highest BCUT2D eigenvalue weighted by atomic mass is 32.1. The quantitative estimate of drug-likeness (QED) is 0.290. The highest BCUT2D eigenvalue weighted by molar-refractivity contribution is 7.81. The van der Waals surface area contributed by atoms with Crippen molar-refractivity contribution in [3.05, 3.63) is 47.5 Å². The Hall–Kier alpha value is -3.01. The number of carbonyl (C=O) groups is 4. The summed E-state index contributed by atoms with van der Waals surface area (Å²) in [4.78, 5) is 50.1. The van der Waals surface area contributed by atoms with E-state index in [1.807, 2.05) is 0 Å². The van der Waals surface area contributed by atoms with Gasteiger partial charge in [0.2, 0.25) is 0 Å². The molecule has 1 heterocycles. The molecule has 1 aliphatic rings. The summed E-state index contributed by atoms with van der Waals surface area (Å²) in [6, 6.07) is 3.62. The molecule has 1 N–H and O–H groups in total. The number of thiol groups is 1. The van der Waals surface area contributed by atoms with Gasteiger partial charge in [-0.1, -0.05) is 12.7 Å². The van der Waals surface area contributed by atoms with Gasteiger partial charge in [-0.25, -0.2) is 14.4 Å². The summed E-state index contributed by atoms with van der Waals surface area (Å²) >= 11 is 4.42. The molecule has 1 aromatic rings. The van der Waals surface area contributed by atoms with Crippen molar-refractivity contribution in [2.75, 3.05) is 33.9 Å². The fourth-order valence-corrected chi connectivity index (χ4v) is 3.48. The first-order valence-electron chi connectivity index (χ1n) is 9.13. The Morgan fingerprint density at radius 1 is 1.13 bits per heavy atom. The lowest BCUT2D eigenvalue weighted by atomic mass is 10.0. The SMILES string of the molecule is C=CCOC(=O)N1CC(S)CC1CNC(=O)c1cc(C(=O)OC)cc(C(=O)OC)c1. The van der Waals surface area contributed by atoms with Crippen LogP contribution in [0.4, 0.5) is 4.79 Å². The maximum Gasteiger partial charge on any atom is 0.410 e. The van der Waals surface area contributed by atoms with E-state index >= 15 is 0 Å². The fraction of sp³-hybridized carbons (Fsp3) is 0.400. The molecule has 0 bridgehead atoms. The van der Waals surface area contributed by atoms with E-state index in [0.717, 1.165) is 0 Å². The lowest BCUT2D eigenvalue weighted by Crippen LogP contribution is -2.43. The van der Waals surface area contributed by atoms with E-state index in [1.54, 1.807) is 0 Å². The van der Waals surface area contributed by atoms with Crippen LogP contribution < -0.4 is 5.32 Å². The molecule has 1 aromatic carbocycles. The van der Waals surface area contributed by atoms with Crippen molar-refractivity contribution in [2.45, 2.75) is 17.7 Å². The highest BCUT2D eigenvalue weighted by Gasteiger charge is 2.34. The van der Waals surface area contributed by atoms with Crippen LogP contribution in [0.5, 0.6) is 0 Å². The number of hydrogen-bond donors (Lipinski definition) is 2. The third kappa shape index (κ3) is 5.76. The Morgan fingerprint density at radius 3 is 2.23 bits per heavy atom. The van der Waals surface area contributed by atoms with Gasteiger partial charge < -0.3 is 24.4 Å². The Morgan fingerprint density at radius 2 is 1.70 bits per heavy atom. The van der Waals surface area contributed by atoms with Gasteiger partial charge in [-0.3, -0.25) is 4.79 Å². The third-order valence-corrected chi connectivity index (χ3v) is 4.86. The molecule has 10 heteroatoms. The number of rotatable bonds is 7. The van der Waals surface area contributed by atoms with Crippen molar-refractivity contribution in [3.8, 4) is 0 Å². The smallest absolute Gasteiger partial charge is 0.410 e. The standard InChI is InChI=1S/C20H24N2O7S/c1-4-5-29-20(26)22-11-16(30)9-15(22)10-21-17(23)12-6-13(18(24)27-2)8-14(7-12)19(25)28-3/h4,6-8,15-16,30H,1,5,9-11H2,2-3H3,(H,21,23). The minimum absolute atomic E-state index is 0.0384. The predicted molar refractivity (Wildman–Crippen MR) is 111 cm³/mol. The number of hydrogen-bond acceptors (Lipinski definition) is 8. The van der Waals surface area contributed by atoms with Crippen LogP contribution in [0.2, 0.25) is 0 Å². The molecule has 30 heavy (non-hydrogen) atoms. The molecular formula is C20H24N2O7S. The van der Waals surface area contributed by atoms with Gasteiger partial charge in [0.1, 0.15) is 6.61 Å². The van der Waals surface area contributed by atoms with Gasteiger partial charge in [-0.05, 0) is 24.6 Å². The van der Waals surface area contributed by atoms with Crippen LogP contribution in [-0.4, -0.2) is 74.0 Å². The van der Waals surface area contributed by atoms with Crippen LogP contribution >= 0.6 is 12.6 Å². The number of likely N-dealkylation sites (tertiary alicyclic amines) is 1. The fourth-order valence-electron chi connectivity index (χ4n) is 3.06. The van der Waals surface area contributed by atoms with Crippen molar-refractivity contribution in [2.24, 2.45) is 0 Å². The van der Waals surface area contributed by atoms with E-state index < -0.39 is 23.9 Å². The van der Waals surface area contributed by atoms with Gasteiger partial charge in [-0.15, -0.1) is 0 Å². The molecule has 0 saturated carbocycles. The van der Waals surface area contributed by atoms with E-state index in [1.165, 1.54) is 43.4 Å². The summed E-state index contributed by atoms with van der Waals surface area (Å²) in [5.41, 5.74) is 0.160. The molecule has 1 saturated heterocycles. The first-order valence-corrected chi connectivity index (χ1v) is 9.64. The Balaban J connectivity index is 2.14. The number of esters is 2. The zero-order valence-electron chi connectivity index (χ0n) is 16.8. The summed E-state index contributed by atoms with van der Waals surface area (Å²) in [5, 5.41) is 2.68. The molecule has 2 unspecified atom stereocenters. The maximum atomic E-state index is 12.7. The summed E-state index contributed by atoms with van der Waals surface area (Å²) in [6.45, 7) is 4.13. The molecule has 162 valence electrons. The molecule has 0 aromatic heterocycles. The molecular weight excluding hydrogens is 412 g/mol. The van der Waals surface area contributed by atoms with Gasteiger partial charge in [0.05, 0.1) is 31.4 Å². The number of methoxy groups -OCH3 is 2. The number of nitrogens with zero attached hydrogens (tertiary/aromatic N) is 1. The van der Waals surface area contributed by atoms with E-state index in [9.17, 15) is 19.2 Å². The van der Waals surface area contributed by atoms with Gasteiger partial charge in [-0.2, -0.15) is 12.6 Å². The molecule has 0 radical (unpaired) electrons. The molecule has 9 nitrogen and oxygen atoms in total. The summed E-state index contributed by atoms with van der Waals surface area (Å²) in [5.74, 6) is -1.91. The molecule has 0 spiro atoms. The van der Waals surface area contributed by atoms with Gasteiger partial charge in [0.15, 0.2) is 0 Å². The average molecular weight is 436 g/mol. The number of nitrogens with one attached hydrogen (secondary N) is 1. The molecule has 1 aliphatic heterocycles. The maximum absolute atomic E-state index is 12.7. The van der Waals surface area contributed by atoms with E-state index in [0.29, 0.717) is 13.0 Å². The third-order valence-electron chi connectivity index (χ3n) is 4.49. The van der Waals surface area contributed by atoms with E-state index in [2.05, 4.69) is 34.0 Å². The average Bonchev–Trinajstić information content (AvgIpc) is 3.14. The van der Waals surface area contributed by atoms with E-state index in [-0.39, 0.29) is 41.1 Å². The monoisotopic (exact) mass is 436 g/mol. The normalized spacial score (nSPS) is 17.8. The van der Waals surface area contributed by atoms with Crippen LogP contribution in [-0.2, 0) is 14.2 Å². The van der Waals surface area contributed by atoms with Crippen molar-refractivity contribution in [1.29, 1.82) is 0 Å². The number of benzene rings is 1. The van der Waals surface area contributed by atoms with E-state index in [4.69, 9.17) is 4.74 Å². The zero-order chi connectivity index (χ0) is 22.3. The summed E-state index contributed by atoms with van der Waals surface area (Å²) < 4.78 is 14.4. The van der Waals surface area contributed by atoms with Crippen molar-refractivity contribution >= 4 is 36.6 Å². The predicted octanol–water partition coefficient (Wildman–Crippen LogP) is 1.68. The second-order valence-electron chi connectivity index (χ2n) is 6.55. The number of ether oxygens (including phenoxy) is 3. The van der Waals surface area contributed by atoms with Crippen molar-refractivity contribution in [1.82, 2.24) is 10.2 Å². The minimum atomic E-state index is -0.695. The van der Waals surface area contributed by atoms with Crippen LogP contribution in [0.15, 0.2) is 30.9 Å². The highest BCUT2D eigenvalue weighted by Crippen LogP contribution is 2.22. The second-order valence-corrected chi connectivity index (χ2v) is 7.28. The van der Waals surface area contributed by atoms with Crippen LogP contribution in [0.25, 0.3) is 0 Å². The van der Waals surface area contributed by atoms with Crippen molar-refractivity contribution in [3.63, 3.8) is 0 Å². The second kappa shape index (κ2) is 10.7. The summed E-state index contributed by atoms with van der Waals surface area (Å²) in [6.07, 6.45) is 1.53. The minimum Gasteiger partial charge on any atom is -0.465 e. The van der Waals surface area contributed by atoms with Crippen LogP contribution in [0.3, 0.4) is 0 Å². The summed E-state index contributed by atoms with van der Waals surface area (Å²) in [7, 11) is 2.39. The first kappa shape index (κ1) is 23.3. The largest absolute Gasteiger partial charge is 0.465 e. The molecule has 2 amide bonds. The molecule has 1 fully saturated rings. The Kier molecular flexibility index (Phi) is 8.28. The van der Waals surface area contributed by atoms with Gasteiger partial charge in [0, 0.05) is 23.9 Å². The molecule has 0 aliphatic carbocycles. The lowest BCUT2D eigenvalue weighted by molar-refractivity contribution is 0.0599. The van der Waals surface area contributed by atoms with Crippen molar-refractivity contribution < 1.29 is 33.4 Å². The van der Waals surface area contributed by atoms with Crippen LogP contribution in [0, 0.1) is 0 Å². The Labute approximate surface area is 179 Å². The molecule has 2 rings (SSSR count). The number of amides is 2. The number of carbonyl (C=O) groups excluding carboxylic acids is 4.